The Morgan fingerprint density at radius 1 is 0.917 bits per heavy atom. The Morgan fingerprint density at radius 2 is 1.29 bits per heavy atom. The topological polar surface area (TPSA) is 97.5 Å². The number of ketones is 1. The molecule has 0 saturated heterocycles. The van der Waals surface area contributed by atoms with Crippen LogP contribution in [0.2, 0.25) is 0 Å². The first-order chi connectivity index (χ1) is 10.8. The van der Waals surface area contributed by atoms with Gasteiger partial charge in [-0.3, -0.25) is 9.35 Å². The third-order valence-electron chi connectivity index (χ3n) is 4.56. The summed E-state index contributed by atoms with van der Waals surface area (Å²) >= 11 is 0. The van der Waals surface area contributed by atoms with Gasteiger partial charge in [-0.05, 0) is 13.3 Å². The fraction of sp³-hybridized carbons (Fsp3) is 0.941. The maximum absolute atomic E-state index is 12.0. The molecule has 1 atom stereocenters. The molecule has 0 saturated carbocycles. The second kappa shape index (κ2) is 14.7. The molecule has 0 amide bonds. The Morgan fingerprint density at radius 3 is 1.62 bits per heavy atom. The quantitative estimate of drug-likeness (QED) is 0.261. The van der Waals surface area contributed by atoms with Crippen LogP contribution in [0.5, 0.6) is 0 Å². The third-order valence-corrected chi connectivity index (χ3v) is 6.09. The zero-order valence-electron chi connectivity index (χ0n) is 14.8. The van der Waals surface area contributed by atoms with Gasteiger partial charge in [0.25, 0.3) is 10.1 Å². The average Bonchev–Trinajstić information content (AvgIpc) is 2.50. The summed E-state index contributed by atoms with van der Waals surface area (Å²) in [5.74, 6) is -0.488. The van der Waals surface area contributed by atoms with Crippen molar-refractivity contribution in [3.05, 3.63) is 0 Å². The molecule has 7 heteroatoms. The van der Waals surface area contributed by atoms with Crippen molar-refractivity contribution in [3.63, 3.8) is 0 Å². The van der Waals surface area contributed by atoms with E-state index in [9.17, 15) is 13.2 Å². The number of carbonyl (C=O) groups excluding carboxylic acids is 1. The molecule has 5 nitrogen and oxygen atoms in total. The molecular weight excluding hydrogens is 337 g/mol. The summed E-state index contributed by atoms with van der Waals surface area (Å²) < 4.78 is 29.9. The molecular formula is C17H36NNaO4S. The fourth-order valence-electron chi connectivity index (χ4n) is 2.58. The van der Waals surface area contributed by atoms with E-state index in [-0.39, 0.29) is 42.5 Å². The van der Waals surface area contributed by atoms with Crippen LogP contribution in [0.4, 0.5) is 0 Å². The van der Waals surface area contributed by atoms with E-state index in [1.165, 1.54) is 51.9 Å². The molecule has 1 unspecified atom stereocenters. The van der Waals surface area contributed by atoms with E-state index < -0.39 is 20.6 Å². The van der Waals surface area contributed by atoms with Gasteiger partial charge in [0.05, 0.1) is 0 Å². The Labute approximate surface area is 170 Å². The average molecular weight is 374 g/mol. The third kappa shape index (κ3) is 10.5. The van der Waals surface area contributed by atoms with E-state index >= 15 is 0 Å². The number of hydrogen-bond donors (Lipinski definition) is 2. The van der Waals surface area contributed by atoms with Crippen LogP contribution in [-0.4, -0.2) is 59.6 Å². The molecule has 0 rings (SSSR count). The van der Waals surface area contributed by atoms with Gasteiger partial charge in [-0.25, -0.2) is 0 Å². The molecule has 0 aliphatic rings. The zero-order chi connectivity index (χ0) is 17.8. The Kier molecular flexibility index (Phi) is 16.4. The van der Waals surface area contributed by atoms with E-state index in [1.54, 1.807) is 0 Å². The number of Topliss-reactive ketones (excluding diaryl/α,β-unsaturated/α-hetero) is 1. The summed E-state index contributed by atoms with van der Waals surface area (Å²) in [4.78, 5) is 12.0. The van der Waals surface area contributed by atoms with Crippen molar-refractivity contribution in [3.8, 4) is 0 Å². The molecule has 0 aromatic carbocycles. The summed E-state index contributed by atoms with van der Waals surface area (Å²) in [7, 11) is -4.45. The Balaban J connectivity index is 0. The monoisotopic (exact) mass is 373 g/mol. The number of hydrogen-bond acceptors (Lipinski definition) is 4. The minimum absolute atomic E-state index is 0. The fourth-order valence-corrected chi connectivity index (χ4v) is 3.18. The van der Waals surface area contributed by atoms with E-state index in [2.05, 4.69) is 6.92 Å². The van der Waals surface area contributed by atoms with Crippen LogP contribution in [0.15, 0.2) is 0 Å². The van der Waals surface area contributed by atoms with E-state index in [1.807, 2.05) is 0 Å². The molecule has 0 radical (unpaired) electrons. The van der Waals surface area contributed by atoms with Gasteiger partial charge in [-0.2, -0.15) is 8.42 Å². The van der Waals surface area contributed by atoms with Crippen molar-refractivity contribution in [2.75, 3.05) is 6.54 Å². The summed E-state index contributed by atoms with van der Waals surface area (Å²) in [6, 6.07) is 0. The number of unbranched alkanes of at least 4 members (excludes halogenated alkanes) is 10. The van der Waals surface area contributed by atoms with Gasteiger partial charge in [0.1, 0.15) is 0 Å². The summed E-state index contributed by atoms with van der Waals surface area (Å²) in [5, 5.41) is 0. The summed E-state index contributed by atoms with van der Waals surface area (Å²) in [6.07, 6.45) is 13.0. The van der Waals surface area contributed by atoms with E-state index in [4.69, 9.17) is 10.3 Å². The van der Waals surface area contributed by atoms with Crippen molar-refractivity contribution < 1.29 is 17.8 Å². The molecule has 0 bridgehead atoms. The van der Waals surface area contributed by atoms with Crippen molar-refractivity contribution in [2.45, 2.75) is 95.6 Å². The van der Waals surface area contributed by atoms with Gasteiger partial charge in [0.2, 0.25) is 0 Å². The molecule has 24 heavy (non-hydrogen) atoms. The van der Waals surface area contributed by atoms with Gasteiger partial charge < -0.3 is 5.73 Å². The van der Waals surface area contributed by atoms with Crippen molar-refractivity contribution in [1.29, 1.82) is 0 Å². The van der Waals surface area contributed by atoms with Gasteiger partial charge in [-0.1, -0.05) is 71.1 Å². The predicted molar refractivity (Wildman–Crippen MR) is 102 cm³/mol. The maximum atomic E-state index is 12.0. The zero-order valence-corrected chi connectivity index (χ0v) is 15.7. The number of rotatable bonds is 15. The molecule has 0 aliphatic carbocycles. The van der Waals surface area contributed by atoms with Crippen LogP contribution in [-0.2, 0) is 14.9 Å². The Hall–Kier alpha value is 0.540. The van der Waals surface area contributed by atoms with Crippen LogP contribution in [0.25, 0.3) is 0 Å². The first kappa shape index (κ1) is 26.8. The van der Waals surface area contributed by atoms with E-state index in [0.717, 1.165) is 19.3 Å². The first-order valence-electron chi connectivity index (χ1n) is 9.00. The molecule has 3 N–H and O–H groups in total. The molecule has 0 fully saturated rings. The van der Waals surface area contributed by atoms with Crippen molar-refractivity contribution in [1.82, 2.24) is 0 Å². The van der Waals surface area contributed by atoms with Crippen LogP contribution < -0.4 is 5.73 Å². The molecule has 0 aromatic heterocycles. The van der Waals surface area contributed by atoms with Crippen LogP contribution in [0, 0.1) is 0 Å². The van der Waals surface area contributed by atoms with Crippen LogP contribution >= 0.6 is 0 Å². The van der Waals surface area contributed by atoms with Gasteiger partial charge in [-0.15, -0.1) is 0 Å². The first-order valence-corrected chi connectivity index (χ1v) is 10.4. The molecule has 0 aromatic rings. The van der Waals surface area contributed by atoms with Gasteiger partial charge in [0.15, 0.2) is 10.5 Å². The van der Waals surface area contributed by atoms with Gasteiger partial charge in [0, 0.05) is 13.0 Å². The minimum atomic E-state index is -4.45. The van der Waals surface area contributed by atoms with Crippen LogP contribution in [0.1, 0.15) is 90.9 Å². The molecule has 0 heterocycles. The summed E-state index contributed by atoms with van der Waals surface area (Å²) in [5.41, 5.74) is 5.36. The SMILES string of the molecule is CCCCCCCCCCCCCC(=O)C(C)(CN)S(=O)(=O)O.[NaH]. The number of nitrogens with two attached hydrogens (primary N) is 1. The Bertz CT molecular complexity index is 428. The van der Waals surface area contributed by atoms with E-state index in [0.29, 0.717) is 6.42 Å². The second-order valence-electron chi connectivity index (χ2n) is 6.62. The van der Waals surface area contributed by atoms with Crippen molar-refractivity contribution in [2.24, 2.45) is 5.73 Å². The summed E-state index contributed by atoms with van der Waals surface area (Å²) in [6.45, 7) is 3.03. The second-order valence-corrected chi connectivity index (χ2v) is 8.47. The van der Waals surface area contributed by atoms with Crippen LogP contribution in [0.3, 0.4) is 0 Å². The standard InChI is InChI=1S/C17H35NO4S.Na.H/c1-3-4-5-6-7-8-9-10-11-12-13-14-16(19)17(2,15-18)23(20,21)22;;/h3-15,18H2,1-2H3,(H,20,21,22);;. The van der Waals surface area contributed by atoms with Crippen molar-refractivity contribution >= 4 is 45.5 Å². The molecule has 140 valence electrons. The number of carbonyl (C=O) groups is 1. The normalized spacial score (nSPS) is 14.0. The predicted octanol–water partition coefficient (Wildman–Crippen LogP) is 3.21. The molecule has 0 spiro atoms. The molecule has 0 aliphatic heterocycles. The van der Waals surface area contributed by atoms with Gasteiger partial charge >= 0.3 is 29.6 Å².